The molecule has 0 aliphatic carbocycles. The lowest BCUT2D eigenvalue weighted by molar-refractivity contribution is 0.0785. The van der Waals surface area contributed by atoms with Crippen molar-refractivity contribution in [1.29, 1.82) is 0 Å². The van der Waals surface area contributed by atoms with E-state index >= 15 is 0 Å². The van der Waals surface area contributed by atoms with Crippen LogP contribution in [-0.2, 0) is 23.1 Å². The Labute approximate surface area is 183 Å². The number of benzene rings is 3. The van der Waals surface area contributed by atoms with Gasteiger partial charge in [0.2, 0.25) is 10.0 Å². The fourth-order valence-electron chi connectivity index (χ4n) is 3.08. The maximum absolute atomic E-state index is 12.9. The van der Waals surface area contributed by atoms with Gasteiger partial charge in [-0.15, -0.1) is 0 Å². The first-order valence-corrected chi connectivity index (χ1v) is 11.5. The zero-order valence-corrected chi connectivity index (χ0v) is 18.4. The van der Waals surface area contributed by atoms with Gasteiger partial charge in [0.1, 0.15) is 5.75 Å². The minimum absolute atomic E-state index is 0.0590. The molecule has 162 valence electrons. The van der Waals surface area contributed by atoms with Crippen molar-refractivity contribution >= 4 is 15.9 Å². The van der Waals surface area contributed by atoms with Crippen LogP contribution in [0, 0.1) is 0 Å². The number of hydrogen-bond donors (Lipinski definition) is 1. The molecule has 7 heteroatoms. The molecule has 3 aromatic rings. The third-order valence-electron chi connectivity index (χ3n) is 4.70. The van der Waals surface area contributed by atoms with E-state index in [0.717, 1.165) is 16.9 Å². The van der Waals surface area contributed by atoms with Gasteiger partial charge in [0.25, 0.3) is 5.91 Å². The van der Waals surface area contributed by atoms with Gasteiger partial charge in [0.05, 0.1) is 11.5 Å². The maximum Gasteiger partial charge on any atom is 0.253 e. The summed E-state index contributed by atoms with van der Waals surface area (Å²) in [7, 11) is -2.06. The summed E-state index contributed by atoms with van der Waals surface area (Å²) in [6.07, 6.45) is 0. The van der Waals surface area contributed by atoms with Crippen LogP contribution in [0.1, 0.15) is 28.4 Å². The fourth-order valence-corrected chi connectivity index (χ4v) is 4.14. The van der Waals surface area contributed by atoms with E-state index in [4.69, 9.17) is 4.74 Å². The van der Waals surface area contributed by atoms with Gasteiger partial charge in [0, 0.05) is 25.7 Å². The van der Waals surface area contributed by atoms with E-state index < -0.39 is 10.0 Å². The van der Waals surface area contributed by atoms with Crippen LogP contribution in [0.4, 0.5) is 0 Å². The molecule has 0 saturated carbocycles. The lowest BCUT2D eigenvalue weighted by Gasteiger charge is -2.18. The Bertz CT molecular complexity index is 1110. The number of amides is 1. The molecule has 0 saturated heterocycles. The molecule has 0 aromatic heterocycles. The van der Waals surface area contributed by atoms with Crippen molar-refractivity contribution < 1.29 is 17.9 Å². The molecule has 1 amide bonds. The van der Waals surface area contributed by atoms with Crippen LogP contribution in [0.2, 0.25) is 0 Å². The van der Waals surface area contributed by atoms with Crippen LogP contribution >= 0.6 is 0 Å². The molecule has 0 atom stereocenters. The second kappa shape index (κ2) is 10.2. The standard InChI is InChI=1S/C24H26N2O4S/c1-3-30-22-14-12-20(13-15-22)18-26(2)24(27)21-10-7-11-23(16-21)31(28,29)25-17-19-8-5-4-6-9-19/h4-16,25H,3,17-18H2,1-2H3. The molecule has 0 unspecified atom stereocenters. The van der Waals surface area contributed by atoms with E-state index in [2.05, 4.69) is 4.72 Å². The molecule has 0 heterocycles. The van der Waals surface area contributed by atoms with Crippen molar-refractivity contribution in [3.05, 3.63) is 95.6 Å². The Morgan fingerprint density at radius 3 is 2.32 bits per heavy atom. The largest absolute Gasteiger partial charge is 0.494 e. The average Bonchev–Trinajstić information content (AvgIpc) is 2.79. The van der Waals surface area contributed by atoms with Gasteiger partial charge in [-0.2, -0.15) is 0 Å². The summed E-state index contributed by atoms with van der Waals surface area (Å²) in [5.74, 6) is 0.523. The molecule has 0 spiro atoms. The maximum atomic E-state index is 12.9. The van der Waals surface area contributed by atoms with Gasteiger partial charge in [0.15, 0.2) is 0 Å². The van der Waals surface area contributed by atoms with Crippen LogP contribution in [0.15, 0.2) is 83.8 Å². The number of sulfonamides is 1. The van der Waals surface area contributed by atoms with Crippen molar-refractivity contribution in [3.8, 4) is 5.75 Å². The predicted octanol–water partition coefficient (Wildman–Crippen LogP) is 3.84. The molecular weight excluding hydrogens is 412 g/mol. The summed E-state index contributed by atoms with van der Waals surface area (Å²) in [5, 5.41) is 0. The molecule has 0 radical (unpaired) electrons. The first kappa shape index (κ1) is 22.5. The molecule has 3 aromatic carbocycles. The second-order valence-corrected chi connectivity index (χ2v) is 8.84. The van der Waals surface area contributed by atoms with Crippen LogP contribution in [0.5, 0.6) is 5.75 Å². The molecule has 0 fully saturated rings. The summed E-state index contributed by atoms with van der Waals surface area (Å²) in [4.78, 5) is 14.5. The Morgan fingerprint density at radius 1 is 0.935 bits per heavy atom. The molecular formula is C24H26N2O4S. The Hall–Kier alpha value is -3.16. The molecule has 0 aliphatic rings. The first-order chi connectivity index (χ1) is 14.9. The normalized spacial score (nSPS) is 11.2. The van der Waals surface area contributed by atoms with Crippen molar-refractivity contribution in [3.63, 3.8) is 0 Å². The third kappa shape index (κ3) is 6.16. The highest BCUT2D eigenvalue weighted by Gasteiger charge is 2.18. The quantitative estimate of drug-likeness (QED) is 0.551. The van der Waals surface area contributed by atoms with E-state index in [-0.39, 0.29) is 17.3 Å². The molecule has 3 rings (SSSR count). The van der Waals surface area contributed by atoms with E-state index in [1.165, 1.54) is 12.1 Å². The number of rotatable bonds is 9. The highest BCUT2D eigenvalue weighted by Crippen LogP contribution is 2.17. The molecule has 31 heavy (non-hydrogen) atoms. The van der Waals surface area contributed by atoms with Gasteiger partial charge in [-0.1, -0.05) is 48.5 Å². The monoisotopic (exact) mass is 438 g/mol. The van der Waals surface area contributed by atoms with Crippen LogP contribution < -0.4 is 9.46 Å². The third-order valence-corrected chi connectivity index (χ3v) is 6.10. The van der Waals surface area contributed by atoms with Crippen LogP contribution in [-0.4, -0.2) is 32.9 Å². The van der Waals surface area contributed by atoms with Crippen molar-refractivity contribution in [2.45, 2.75) is 24.9 Å². The van der Waals surface area contributed by atoms with E-state index in [0.29, 0.717) is 18.7 Å². The predicted molar refractivity (Wildman–Crippen MR) is 120 cm³/mol. The van der Waals surface area contributed by atoms with Gasteiger partial charge < -0.3 is 9.64 Å². The van der Waals surface area contributed by atoms with Crippen molar-refractivity contribution in [2.75, 3.05) is 13.7 Å². The minimum Gasteiger partial charge on any atom is -0.494 e. The smallest absolute Gasteiger partial charge is 0.253 e. The number of carbonyl (C=O) groups excluding carboxylic acids is 1. The Kier molecular flexibility index (Phi) is 7.44. The van der Waals surface area contributed by atoms with Gasteiger partial charge in [-0.3, -0.25) is 4.79 Å². The Morgan fingerprint density at radius 2 is 1.65 bits per heavy atom. The van der Waals surface area contributed by atoms with E-state index in [1.807, 2.05) is 61.5 Å². The number of nitrogens with one attached hydrogen (secondary N) is 1. The number of ether oxygens (including phenoxy) is 1. The number of nitrogens with zero attached hydrogens (tertiary/aromatic N) is 1. The lowest BCUT2D eigenvalue weighted by Crippen LogP contribution is -2.27. The summed E-state index contributed by atoms with van der Waals surface area (Å²) < 4.78 is 33.4. The minimum atomic E-state index is -3.74. The number of carbonyl (C=O) groups is 1. The zero-order valence-electron chi connectivity index (χ0n) is 17.6. The van der Waals surface area contributed by atoms with Crippen LogP contribution in [0.3, 0.4) is 0 Å². The van der Waals surface area contributed by atoms with Crippen molar-refractivity contribution in [2.24, 2.45) is 0 Å². The molecule has 1 N–H and O–H groups in total. The topological polar surface area (TPSA) is 75.7 Å². The molecule has 6 nitrogen and oxygen atoms in total. The van der Waals surface area contributed by atoms with Gasteiger partial charge >= 0.3 is 0 Å². The number of hydrogen-bond acceptors (Lipinski definition) is 4. The summed E-state index contributed by atoms with van der Waals surface area (Å²) >= 11 is 0. The lowest BCUT2D eigenvalue weighted by atomic mass is 10.1. The second-order valence-electron chi connectivity index (χ2n) is 7.08. The SMILES string of the molecule is CCOc1ccc(CN(C)C(=O)c2cccc(S(=O)(=O)NCc3ccccc3)c2)cc1. The van der Waals surface area contributed by atoms with E-state index in [1.54, 1.807) is 24.1 Å². The molecule has 0 bridgehead atoms. The summed E-state index contributed by atoms with van der Waals surface area (Å²) in [6.45, 7) is 3.09. The fraction of sp³-hybridized carbons (Fsp3) is 0.208. The zero-order chi connectivity index (χ0) is 22.3. The highest BCUT2D eigenvalue weighted by molar-refractivity contribution is 7.89. The van der Waals surface area contributed by atoms with Crippen LogP contribution in [0.25, 0.3) is 0 Å². The Balaban J connectivity index is 1.68. The first-order valence-electron chi connectivity index (χ1n) is 10.00. The highest BCUT2D eigenvalue weighted by atomic mass is 32.2. The van der Waals surface area contributed by atoms with E-state index in [9.17, 15) is 13.2 Å². The summed E-state index contributed by atoms with van der Waals surface area (Å²) in [6, 6.07) is 22.9. The molecule has 0 aliphatic heterocycles. The average molecular weight is 439 g/mol. The van der Waals surface area contributed by atoms with Gasteiger partial charge in [-0.25, -0.2) is 13.1 Å². The van der Waals surface area contributed by atoms with Crippen molar-refractivity contribution in [1.82, 2.24) is 9.62 Å². The summed E-state index contributed by atoms with van der Waals surface area (Å²) in [5.41, 5.74) is 2.12. The van der Waals surface area contributed by atoms with Gasteiger partial charge in [-0.05, 0) is 48.4 Å².